The van der Waals surface area contributed by atoms with Crippen molar-refractivity contribution in [1.82, 2.24) is 4.98 Å². The highest BCUT2D eigenvalue weighted by atomic mass is 35.5. The topological polar surface area (TPSA) is 79.7 Å². The number of β-lactam (4-membered cyclic amide) rings is 1. The zero-order valence-electron chi connectivity index (χ0n) is 22.9. The Labute approximate surface area is 258 Å². The predicted octanol–water partition coefficient (Wildman–Crippen LogP) is 7.90. The molecular weight excluding hydrogens is 580 g/mol. The number of thioether (sulfide) groups is 1. The molecule has 1 fully saturated rings. The monoisotopic (exact) mass is 606 g/mol. The maximum absolute atomic E-state index is 13.7. The number of pyridine rings is 1. The number of rotatable bonds is 9. The van der Waals surface area contributed by atoms with Crippen LogP contribution in [0.5, 0.6) is 5.75 Å². The molecule has 3 atom stereocenters. The van der Waals surface area contributed by atoms with Crippen LogP contribution in [0, 0.1) is 0 Å². The number of anilines is 1. The van der Waals surface area contributed by atoms with Crippen LogP contribution in [0.25, 0.3) is 11.1 Å². The third kappa shape index (κ3) is 6.28. The Balaban J connectivity index is 1.25. The summed E-state index contributed by atoms with van der Waals surface area (Å²) in [6, 6.07) is 34.4. The number of esters is 1. The summed E-state index contributed by atoms with van der Waals surface area (Å²) < 4.78 is 5.97. The Morgan fingerprint density at radius 1 is 0.884 bits per heavy atom. The van der Waals surface area contributed by atoms with Crippen LogP contribution in [-0.2, 0) is 9.53 Å². The van der Waals surface area contributed by atoms with Crippen LogP contribution in [0.4, 0.5) is 5.69 Å². The van der Waals surface area contributed by atoms with Gasteiger partial charge in [-0.15, -0.1) is 11.8 Å². The number of ether oxygens (including phenoxy) is 1. The summed E-state index contributed by atoms with van der Waals surface area (Å²) in [4.78, 5) is 32.7. The molecule has 0 radical (unpaired) electrons. The predicted molar refractivity (Wildman–Crippen MR) is 170 cm³/mol. The Morgan fingerprint density at radius 2 is 1.60 bits per heavy atom. The number of carbonyl (C=O) groups is 2. The van der Waals surface area contributed by atoms with Gasteiger partial charge in [0.15, 0.2) is 0 Å². The molecule has 6 rings (SSSR count). The van der Waals surface area contributed by atoms with Gasteiger partial charge in [-0.3, -0.25) is 9.78 Å². The number of carbonyl (C=O) groups excluding carboxylic acids is 2. The highest BCUT2D eigenvalue weighted by Gasteiger charge is 2.49. The van der Waals surface area contributed by atoms with E-state index >= 15 is 0 Å². The number of phenolic OH excluding ortho intramolecular Hbond substituents is 1. The van der Waals surface area contributed by atoms with Gasteiger partial charge in [-0.25, -0.2) is 4.79 Å². The zero-order valence-corrected chi connectivity index (χ0v) is 24.5. The van der Waals surface area contributed by atoms with Crippen molar-refractivity contribution < 1.29 is 19.4 Å². The van der Waals surface area contributed by atoms with Crippen molar-refractivity contribution in [1.29, 1.82) is 0 Å². The summed E-state index contributed by atoms with van der Waals surface area (Å²) in [5.41, 5.74) is 4.91. The summed E-state index contributed by atoms with van der Waals surface area (Å²) in [7, 11) is 0. The van der Waals surface area contributed by atoms with E-state index in [-0.39, 0.29) is 17.7 Å². The first-order chi connectivity index (χ1) is 21.0. The number of amides is 1. The van der Waals surface area contributed by atoms with Crippen LogP contribution in [0.3, 0.4) is 0 Å². The summed E-state index contributed by atoms with van der Waals surface area (Å²) in [6.07, 6.45) is 2.94. The minimum atomic E-state index is -0.601. The molecule has 8 heteroatoms. The van der Waals surface area contributed by atoms with Crippen molar-refractivity contribution in [3.05, 3.63) is 149 Å². The molecule has 1 aromatic heterocycles. The molecule has 0 aliphatic carbocycles. The van der Waals surface area contributed by atoms with Gasteiger partial charge in [0.2, 0.25) is 5.91 Å². The first kappa shape index (κ1) is 28.5. The van der Waals surface area contributed by atoms with Gasteiger partial charge in [0.1, 0.15) is 17.1 Å². The summed E-state index contributed by atoms with van der Waals surface area (Å²) in [5.74, 6) is 0.0356. The molecular formula is C35H27ClN2O4S. The van der Waals surface area contributed by atoms with E-state index in [1.165, 1.54) is 11.8 Å². The van der Waals surface area contributed by atoms with E-state index in [1.807, 2.05) is 66.7 Å². The Bertz CT molecular complexity index is 1700. The molecule has 0 bridgehead atoms. The first-order valence-electron chi connectivity index (χ1n) is 13.7. The van der Waals surface area contributed by atoms with Gasteiger partial charge in [-0.05, 0) is 76.9 Å². The lowest BCUT2D eigenvalue weighted by atomic mass is 9.92. The summed E-state index contributed by atoms with van der Waals surface area (Å²) in [6.45, 7) is 0. The Morgan fingerprint density at radius 3 is 2.28 bits per heavy atom. The lowest BCUT2D eigenvalue weighted by molar-refractivity contribution is -0.123. The summed E-state index contributed by atoms with van der Waals surface area (Å²) >= 11 is 7.58. The largest absolute Gasteiger partial charge is 0.508 e. The van der Waals surface area contributed by atoms with Crippen molar-refractivity contribution in [2.75, 3.05) is 10.7 Å². The zero-order chi connectivity index (χ0) is 29.8. The van der Waals surface area contributed by atoms with E-state index in [0.717, 1.165) is 27.9 Å². The third-order valence-electron chi connectivity index (χ3n) is 7.35. The molecule has 0 spiro atoms. The minimum absolute atomic E-state index is 0.0403. The molecule has 1 amide bonds. The van der Waals surface area contributed by atoms with Crippen LogP contribution in [0.15, 0.2) is 128 Å². The molecule has 1 aliphatic heterocycles. The van der Waals surface area contributed by atoms with Crippen molar-refractivity contribution in [2.24, 2.45) is 0 Å². The first-order valence-corrected chi connectivity index (χ1v) is 15.2. The van der Waals surface area contributed by atoms with E-state index in [4.69, 9.17) is 16.3 Å². The number of hydrogen-bond donors (Lipinski definition) is 1. The number of hydrogen-bond acceptors (Lipinski definition) is 6. The Kier molecular flexibility index (Phi) is 8.45. The van der Waals surface area contributed by atoms with Gasteiger partial charge in [0.05, 0.1) is 11.6 Å². The van der Waals surface area contributed by atoms with E-state index in [0.29, 0.717) is 16.3 Å². The highest BCUT2D eigenvalue weighted by Crippen LogP contribution is 2.46. The van der Waals surface area contributed by atoms with Crippen molar-refractivity contribution in [3.63, 3.8) is 0 Å². The van der Waals surface area contributed by atoms with E-state index in [9.17, 15) is 14.7 Å². The van der Waals surface area contributed by atoms with Crippen LogP contribution in [0.1, 0.15) is 33.6 Å². The number of aromatic hydroxyl groups is 1. The van der Waals surface area contributed by atoms with Crippen LogP contribution in [-0.4, -0.2) is 33.0 Å². The second kappa shape index (κ2) is 12.7. The van der Waals surface area contributed by atoms with Gasteiger partial charge in [-0.1, -0.05) is 72.3 Å². The average Bonchev–Trinajstić information content (AvgIpc) is 3.05. The van der Waals surface area contributed by atoms with Crippen molar-refractivity contribution >= 4 is 40.9 Å². The van der Waals surface area contributed by atoms with Crippen LogP contribution >= 0.6 is 23.4 Å². The molecule has 0 unspecified atom stereocenters. The average molecular weight is 607 g/mol. The minimum Gasteiger partial charge on any atom is -0.508 e. The van der Waals surface area contributed by atoms with Crippen molar-refractivity contribution in [3.8, 4) is 16.9 Å². The molecule has 1 N–H and O–H groups in total. The molecule has 5 aromatic rings. The van der Waals surface area contributed by atoms with Gasteiger partial charge in [0, 0.05) is 28.9 Å². The van der Waals surface area contributed by atoms with Gasteiger partial charge >= 0.3 is 5.97 Å². The fraction of sp³-hybridized carbons (Fsp3) is 0.114. The Hall–Kier alpha value is -4.59. The molecule has 6 nitrogen and oxygen atoms in total. The quantitative estimate of drug-likeness (QED) is 0.136. The second-order valence-electron chi connectivity index (χ2n) is 10.1. The molecule has 214 valence electrons. The second-order valence-corrected chi connectivity index (χ2v) is 11.7. The van der Waals surface area contributed by atoms with E-state index < -0.39 is 17.3 Å². The maximum atomic E-state index is 13.7. The number of phenols is 1. The third-order valence-corrected chi connectivity index (χ3v) is 8.91. The molecule has 1 saturated heterocycles. The fourth-order valence-corrected chi connectivity index (χ4v) is 6.58. The lowest BCUT2D eigenvalue weighted by Crippen LogP contribution is -2.57. The number of benzene rings is 4. The number of aromatic nitrogens is 1. The smallest absolute Gasteiger partial charge is 0.338 e. The number of nitrogens with zero attached hydrogens (tertiary/aromatic N) is 2. The summed E-state index contributed by atoms with van der Waals surface area (Å²) in [5, 5.41) is 10.1. The van der Waals surface area contributed by atoms with Gasteiger partial charge in [-0.2, -0.15) is 0 Å². The molecule has 2 heterocycles. The molecule has 4 aromatic carbocycles. The molecule has 1 aliphatic rings. The van der Waals surface area contributed by atoms with Crippen LogP contribution < -0.4 is 4.90 Å². The molecule has 0 saturated carbocycles. The standard InChI is InChI=1S/C35H27ClN2O4S/c36-28-14-8-24(9-15-28)31(42-35(41)26-5-2-1-3-6-26)22-43-33-32(25-12-18-30(39)19-13-25)38(34(33)40)29-16-10-23(11-17-29)27-7-4-20-37-21-27/h1-21,31-33,39H,22H2/t31-,32+,33+/m0/s1. The van der Waals surface area contributed by atoms with E-state index in [2.05, 4.69) is 4.98 Å². The maximum Gasteiger partial charge on any atom is 0.338 e. The van der Waals surface area contributed by atoms with Crippen molar-refractivity contribution in [2.45, 2.75) is 17.4 Å². The highest BCUT2D eigenvalue weighted by molar-refractivity contribution is 8.00. The van der Waals surface area contributed by atoms with Gasteiger partial charge < -0.3 is 14.7 Å². The SMILES string of the molecule is O=C(O[C@@H](CS[C@H]1C(=O)N(c2ccc(-c3cccnc3)cc2)[C@@H]1c1ccc(O)cc1)c1ccc(Cl)cc1)c1ccccc1. The normalized spacial score (nSPS) is 16.8. The van der Waals surface area contributed by atoms with Crippen LogP contribution in [0.2, 0.25) is 5.02 Å². The number of halogens is 1. The van der Waals surface area contributed by atoms with Gasteiger partial charge in [0.25, 0.3) is 0 Å². The lowest BCUT2D eigenvalue weighted by Gasteiger charge is -2.47. The fourth-order valence-electron chi connectivity index (χ4n) is 5.09. The molecule has 43 heavy (non-hydrogen) atoms. The van der Waals surface area contributed by atoms with E-state index in [1.54, 1.807) is 65.8 Å².